The van der Waals surface area contributed by atoms with Gasteiger partial charge in [-0.25, -0.2) is 0 Å². The van der Waals surface area contributed by atoms with Crippen molar-refractivity contribution in [3.8, 4) is 0 Å². The summed E-state index contributed by atoms with van der Waals surface area (Å²) < 4.78 is 38.6. The van der Waals surface area contributed by atoms with Crippen LogP contribution >= 0.6 is 0 Å². The van der Waals surface area contributed by atoms with Crippen LogP contribution in [0.5, 0.6) is 0 Å². The molecule has 0 bridgehead atoms. The first-order valence-electron chi connectivity index (χ1n) is 8.13. The van der Waals surface area contributed by atoms with E-state index in [0.29, 0.717) is 5.56 Å². The maximum Gasteiger partial charge on any atom is 0.416 e. The summed E-state index contributed by atoms with van der Waals surface area (Å²) in [4.78, 5) is 25.7. The molecular formula is C20H16F3NO3. The number of aryl methyl sites for hydroxylation is 2. The van der Waals surface area contributed by atoms with E-state index in [0.717, 1.165) is 28.2 Å². The molecular weight excluding hydrogens is 359 g/mol. The van der Waals surface area contributed by atoms with Gasteiger partial charge in [-0.3, -0.25) is 14.5 Å². The van der Waals surface area contributed by atoms with Crippen molar-refractivity contribution in [3.05, 3.63) is 76.0 Å². The van der Waals surface area contributed by atoms with Crippen molar-refractivity contribution in [2.24, 2.45) is 0 Å². The standard InChI is InChI=1S/C20H16F3NO3/c1-11-6-7-14(8-12(11)2)16-17(25)19(27)24(18(16)26)10-13-4-3-5-15(9-13)20(21,22)23/h3-9,25H,10H2,1-2H3. The molecule has 2 aromatic rings. The molecule has 1 aliphatic rings. The summed E-state index contributed by atoms with van der Waals surface area (Å²) >= 11 is 0. The van der Waals surface area contributed by atoms with E-state index in [-0.39, 0.29) is 17.7 Å². The molecule has 1 heterocycles. The van der Waals surface area contributed by atoms with Crippen molar-refractivity contribution in [1.29, 1.82) is 0 Å². The molecule has 0 atom stereocenters. The Morgan fingerprint density at radius 2 is 1.67 bits per heavy atom. The Balaban J connectivity index is 1.91. The third kappa shape index (κ3) is 3.45. The number of hydrogen-bond acceptors (Lipinski definition) is 3. The van der Waals surface area contributed by atoms with Crippen molar-refractivity contribution in [2.75, 3.05) is 0 Å². The second-order valence-electron chi connectivity index (χ2n) is 6.42. The normalized spacial score (nSPS) is 15.1. The molecule has 0 saturated carbocycles. The summed E-state index contributed by atoms with van der Waals surface area (Å²) in [5.74, 6) is -2.36. The molecule has 7 heteroatoms. The van der Waals surface area contributed by atoms with E-state index in [1.165, 1.54) is 12.1 Å². The van der Waals surface area contributed by atoms with Crippen LogP contribution in [0.25, 0.3) is 5.57 Å². The first kappa shape index (κ1) is 18.7. The lowest BCUT2D eigenvalue weighted by atomic mass is 10.00. The highest BCUT2D eigenvalue weighted by Gasteiger charge is 2.39. The number of nitrogens with zero attached hydrogens (tertiary/aromatic N) is 1. The molecule has 4 nitrogen and oxygen atoms in total. The van der Waals surface area contributed by atoms with Gasteiger partial charge < -0.3 is 5.11 Å². The van der Waals surface area contributed by atoms with Crippen LogP contribution in [0.1, 0.15) is 27.8 Å². The Bertz CT molecular complexity index is 977. The molecule has 0 radical (unpaired) electrons. The van der Waals surface area contributed by atoms with Crippen LogP contribution in [0.15, 0.2) is 48.2 Å². The fraction of sp³-hybridized carbons (Fsp3) is 0.200. The van der Waals surface area contributed by atoms with Crippen LogP contribution in [0.3, 0.4) is 0 Å². The van der Waals surface area contributed by atoms with Crippen LogP contribution in [0.4, 0.5) is 13.2 Å². The van der Waals surface area contributed by atoms with Gasteiger partial charge in [-0.05, 0) is 48.2 Å². The van der Waals surface area contributed by atoms with Crippen LogP contribution in [0, 0.1) is 13.8 Å². The van der Waals surface area contributed by atoms with Gasteiger partial charge >= 0.3 is 6.18 Å². The summed E-state index contributed by atoms with van der Waals surface area (Å²) in [6.07, 6.45) is -4.53. The number of aliphatic hydroxyl groups excluding tert-OH is 1. The highest BCUT2D eigenvalue weighted by atomic mass is 19.4. The van der Waals surface area contributed by atoms with Crippen molar-refractivity contribution < 1.29 is 27.9 Å². The third-order valence-corrected chi connectivity index (χ3v) is 4.53. The van der Waals surface area contributed by atoms with Gasteiger partial charge in [0.15, 0.2) is 5.76 Å². The fourth-order valence-corrected chi connectivity index (χ4v) is 2.89. The van der Waals surface area contributed by atoms with Crippen molar-refractivity contribution >= 4 is 17.4 Å². The number of amides is 2. The first-order valence-corrected chi connectivity index (χ1v) is 8.13. The third-order valence-electron chi connectivity index (χ3n) is 4.53. The van der Waals surface area contributed by atoms with Gasteiger partial charge in [0.05, 0.1) is 17.7 Å². The van der Waals surface area contributed by atoms with E-state index in [1.54, 1.807) is 18.2 Å². The van der Waals surface area contributed by atoms with E-state index in [2.05, 4.69) is 0 Å². The van der Waals surface area contributed by atoms with Gasteiger partial charge in [0.2, 0.25) is 0 Å². The first-order chi connectivity index (χ1) is 12.6. The highest BCUT2D eigenvalue weighted by molar-refractivity contribution is 6.34. The number of rotatable bonds is 3. The van der Waals surface area contributed by atoms with E-state index in [9.17, 15) is 27.9 Å². The molecule has 0 aromatic heterocycles. The number of carbonyl (C=O) groups excluding carboxylic acids is 2. The Labute approximate surface area is 153 Å². The predicted octanol–water partition coefficient (Wildman–Crippen LogP) is 4.16. The Morgan fingerprint density at radius 1 is 0.963 bits per heavy atom. The SMILES string of the molecule is Cc1ccc(C2=C(O)C(=O)N(Cc3cccc(C(F)(F)F)c3)C2=O)cc1C. The minimum absolute atomic E-state index is 0.140. The van der Waals surface area contributed by atoms with E-state index < -0.39 is 29.3 Å². The zero-order chi connectivity index (χ0) is 19.9. The molecule has 1 N–H and O–H groups in total. The number of imide groups is 1. The second-order valence-corrected chi connectivity index (χ2v) is 6.42. The predicted molar refractivity (Wildman–Crippen MR) is 92.5 cm³/mol. The molecule has 0 unspecified atom stereocenters. The molecule has 27 heavy (non-hydrogen) atoms. The molecule has 0 fully saturated rings. The lowest BCUT2D eigenvalue weighted by molar-refractivity contribution is -0.138. The fourth-order valence-electron chi connectivity index (χ4n) is 2.89. The van der Waals surface area contributed by atoms with Crippen LogP contribution in [-0.4, -0.2) is 21.8 Å². The number of aliphatic hydroxyl groups is 1. The maximum atomic E-state index is 12.9. The average Bonchev–Trinajstić information content (AvgIpc) is 2.81. The van der Waals surface area contributed by atoms with E-state index in [4.69, 9.17) is 0 Å². The second kappa shape index (κ2) is 6.57. The maximum absolute atomic E-state index is 12.9. The molecule has 0 aliphatic carbocycles. The van der Waals surface area contributed by atoms with Gasteiger partial charge in [0.25, 0.3) is 11.8 Å². The van der Waals surface area contributed by atoms with Crippen molar-refractivity contribution in [2.45, 2.75) is 26.6 Å². The highest BCUT2D eigenvalue weighted by Crippen LogP contribution is 2.32. The van der Waals surface area contributed by atoms with Crippen LogP contribution < -0.4 is 0 Å². The Morgan fingerprint density at radius 3 is 2.30 bits per heavy atom. The summed E-state index contributed by atoms with van der Waals surface area (Å²) in [5, 5.41) is 10.2. The van der Waals surface area contributed by atoms with Gasteiger partial charge in [0.1, 0.15) is 0 Å². The summed E-state index contributed by atoms with van der Waals surface area (Å²) in [6.45, 7) is 3.35. The lowest BCUT2D eigenvalue weighted by Gasteiger charge is -2.16. The van der Waals surface area contributed by atoms with Gasteiger partial charge in [-0.2, -0.15) is 13.2 Å². The molecule has 0 saturated heterocycles. The summed E-state index contributed by atoms with van der Waals surface area (Å²) in [5.41, 5.74) is 1.38. The Kier molecular flexibility index (Phi) is 4.55. The summed E-state index contributed by atoms with van der Waals surface area (Å²) in [7, 11) is 0. The zero-order valence-electron chi connectivity index (χ0n) is 14.6. The number of carbonyl (C=O) groups is 2. The smallest absolute Gasteiger partial charge is 0.416 e. The van der Waals surface area contributed by atoms with Gasteiger partial charge in [-0.1, -0.05) is 30.3 Å². The number of benzene rings is 2. The lowest BCUT2D eigenvalue weighted by Crippen LogP contribution is -2.31. The van der Waals surface area contributed by atoms with E-state index in [1.807, 2.05) is 13.8 Å². The molecule has 2 amide bonds. The number of hydrogen-bond donors (Lipinski definition) is 1. The minimum atomic E-state index is -4.53. The minimum Gasteiger partial charge on any atom is -0.502 e. The quantitative estimate of drug-likeness (QED) is 0.820. The largest absolute Gasteiger partial charge is 0.502 e. The molecule has 2 aromatic carbocycles. The van der Waals surface area contributed by atoms with Crippen LogP contribution in [-0.2, 0) is 22.3 Å². The monoisotopic (exact) mass is 375 g/mol. The van der Waals surface area contributed by atoms with Crippen molar-refractivity contribution in [3.63, 3.8) is 0 Å². The van der Waals surface area contributed by atoms with Gasteiger partial charge in [0, 0.05) is 0 Å². The molecule has 1 aliphatic heterocycles. The number of halogens is 3. The number of alkyl halides is 3. The summed E-state index contributed by atoms with van der Waals surface area (Å²) in [6, 6.07) is 9.45. The van der Waals surface area contributed by atoms with Crippen LogP contribution in [0.2, 0.25) is 0 Å². The molecule has 140 valence electrons. The molecule has 3 rings (SSSR count). The van der Waals surface area contributed by atoms with Crippen molar-refractivity contribution in [1.82, 2.24) is 4.90 Å². The van der Waals surface area contributed by atoms with Gasteiger partial charge in [-0.15, -0.1) is 0 Å². The average molecular weight is 375 g/mol. The zero-order valence-corrected chi connectivity index (χ0v) is 14.6. The Hall–Kier alpha value is -3.09. The van der Waals surface area contributed by atoms with E-state index >= 15 is 0 Å². The topological polar surface area (TPSA) is 57.6 Å². The molecule has 0 spiro atoms.